The van der Waals surface area contributed by atoms with Gasteiger partial charge in [-0.1, -0.05) is 0 Å². The number of esters is 1. The number of likely N-dealkylation sites (tertiary alicyclic amines) is 1. The number of carbonyl (C=O) groups excluding carboxylic acids is 3. The number of hydrogen-bond donors (Lipinski definition) is 0. The third-order valence-electron chi connectivity index (χ3n) is 2.69. The first kappa shape index (κ1) is 17.0. The highest BCUT2D eigenvalue weighted by Crippen LogP contribution is 2.24. The number of ether oxygens (including phenoxy) is 2. The fraction of sp³-hybridized carbons (Fsp3) is 0.643. The van der Waals surface area contributed by atoms with Crippen LogP contribution in [-0.2, 0) is 19.1 Å². The van der Waals surface area contributed by atoms with Gasteiger partial charge in [0.1, 0.15) is 5.60 Å². The number of rotatable bonds is 2. The molecule has 0 aromatic rings. The van der Waals surface area contributed by atoms with E-state index >= 15 is 0 Å². The van der Waals surface area contributed by atoms with E-state index in [2.05, 4.69) is 0 Å². The molecule has 1 atom stereocenters. The summed E-state index contributed by atoms with van der Waals surface area (Å²) in [6.45, 7) is 4.94. The van der Waals surface area contributed by atoms with Crippen molar-refractivity contribution in [1.82, 2.24) is 9.80 Å². The summed E-state index contributed by atoms with van der Waals surface area (Å²) in [6, 6.07) is -1.07. The minimum absolute atomic E-state index is 0.200. The molecule has 1 rings (SSSR count). The minimum atomic E-state index is -1.07. The first-order valence-corrected chi connectivity index (χ1v) is 6.55. The Labute approximate surface area is 124 Å². The van der Waals surface area contributed by atoms with Crippen LogP contribution < -0.4 is 0 Å². The zero-order valence-corrected chi connectivity index (χ0v) is 13.3. The number of ketones is 1. The lowest BCUT2D eigenvalue weighted by atomic mass is 10.1. The number of Topliss-reactive ketones (excluding diaryl/α,β-unsaturated/α-hetero) is 1. The van der Waals surface area contributed by atoms with Gasteiger partial charge in [0.2, 0.25) is 0 Å². The molecule has 0 bridgehead atoms. The molecule has 0 radical (unpaired) electrons. The molecule has 0 unspecified atom stereocenters. The molecule has 118 valence electrons. The van der Waals surface area contributed by atoms with Crippen molar-refractivity contribution in [3.05, 3.63) is 11.8 Å². The molecule has 0 aromatic carbocycles. The Bertz CT molecular complexity index is 476. The third-order valence-corrected chi connectivity index (χ3v) is 2.69. The summed E-state index contributed by atoms with van der Waals surface area (Å²) in [5.74, 6) is -0.968. The van der Waals surface area contributed by atoms with E-state index < -0.39 is 23.7 Å². The highest BCUT2D eigenvalue weighted by Gasteiger charge is 2.45. The fourth-order valence-corrected chi connectivity index (χ4v) is 1.93. The van der Waals surface area contributed by atoms with Gasteiger partial charge in [-0.3, -0.25) is 9.69 Å². The Morgan fingerprint density at radius 3 is 2.33 bits per heavy atom. The molecule has 1 aliphatic rings. The number of amides is 1. The van der Waals surface area contributed by atoms with Crippen LogP contribution in [0.25, 0.3) is 0 Å². The lowest BCUT2D eigenvalue weighted by Gasteiger charge is -2.27. The summed E-state index contributed by atoms with van der Waals surface area (Å²) in [7, 11) is 4.67. The molecule has 21 heavy (non-hydrogen) atoms. The number of nitrogens with zero attached hydrogens (tertiary/aromatic N) is 2. The first-order valence-electron chi connectivity index (χ1n) is 6.55. The zero-order chi connectivity index (χ0) is 16.4. The quantitative estimate of drug-likeness (QED) is 0.554. The van der Waals surface area contributed by atoms with Crippen molar-refractivity contribution >= 4 is 17.8 Å². The van der Waals surface area contributed by atoms with Crippen LogP contribution in [0, 0.1) is 0 Å². The molecule has 0 spiro atoms. The normalized spacial score (nSPS) is 20.7. The molecule has 1 fully saturated rings. The van der Waals surface area contributed by atoms with E-state index in [1.54, 1.807) is 39.8 Å². The van der Waals surface area contributed by atoms with Gasteiger partial charge in [0.05, 0.1) is 13.7 Å². The van der Waals surface area contributed by atoms with Crippen LogP contribution in [0.2, 0.25) is 0 Å². The summed E-state index contributed by atoms with van der Waals surface area (Å²) in [5, 5.41) is 0. The topological polar surface area (TPSA) is 76.2 Å². The van der Waals surface area contributed by atoms with Crippen LogP contribution in [0.4, 0.5) is 4.79 Å². The average Bonchev–Trinajstić information content (AvgIpc) is 2.63. The van der Waals surface area contributed by atoms with E-state index in [1.165, 1.54) is 13.3 Å². The van der Waals surface area contributed by atoms with E-state index in [1.807, 2.05) is 0 Å². The minimum Gasteiger partial charge on any atom is -0.467 e. The third kappa shape index (κ3) is 4.21. The van der Waals surface area contributed by atoms with Gasteiger partial charge in [-0.15, -0.1) is 0 Å². The number of carbonyl (C=O) groups is 3. The Kier molecular flexibility index (Phi) is 4.98. The van der Waals surface area contributed by atoms with Crippen molar-refractivity contribution in [2.24, 2.45) is 0 Å². The Morgan fingerprint density at radius 1 is 1.33 bits per heavy atom. The SMILES string of the molecule is COC(=O)[C@H]1/C(=C/N(C)C)C(=O)CN1C(=O)OC(C)(C)C. The Balaban J connectivity index is 3.12. The predicted octanol–water partition coefficient (Wildman–Crippen LogP) is 0.793. The first-order chi connectivity index (χ1) is 9.56. The summed E-state index contributed by atoms with van der Waals surface area (Å²) < 4.78 is 9.94. The van der Waals surface area contributed by atoms with E-state index in [9.17, 15) is 14.4 Å². The monoisotopic (exact) mass is 298 g/mol. The second-order valence-corrected chi connectivity index (χ2v) is 6.01. The molecule has 1 heterocycles. The molecule has 1 aliphatic heterocycles. The molecule has 0 saturated carbocycles. The van der Waals surface area contributed by atoms with Crippen molar-refractivity contribution in [2.75, 3.05) is 27.7 Å². The van der Waals surface area contributed by atoms with Crippen molar-refractivity contribution in [3.8, 4) is 0 Å². The van der Waals surface area contributed by atoms with Gasteiger partial charge in [-0.2, -0.15) is 0 Å². The van der Waals surface area contributed by atoms with Gasteiger partial charge in [-0.05, 0) is 20.8 Å². The molecule has 0 N–H and O–H groups in total. The van der Waals surface area contributed by atoms with Gasteiger partial charge >= 0.3 is 12.1 Å². The Hall–Kier alpha value is -2.05. The van der Waals surface area contributed by atoms with Crippen molar-refractivity contribution in [1.29, 1.82) is 0 Å². The van der Waals surface area contributed by atoms with Gasteiger partial charge in [0, 0.05) is 25.9 Å². The van der Waals surface area contributed by atoms with Crippen molar-refractivity contribution in [2.45, 2.75) is 32.4 Å². The lowest BCUT2D eigenvalue weighted by molar-refractivity contribution is -0.144. The second-order valence-electron chi connectivity index (χ2n) is 6.01. The summed E-state index contributed by atoms with van der Waals surface area (Å²) in [6.07, 6.45) is 0.808. The van der Waals surface area contributed by atoms with Crippen LogP contribution in [0.15, 0.2) is 11.8 Å². The van der Waals surface area contributed by atoms with E-state index in [4.69, 9.17) is 9.47 Å². The molecular formula is C14H22N2O5. The highest BCUT2D eigenvalue weighted by molar-refractivity contribution is 6.09. The molecular weight excluding hydrogens is 276 g/mol. The fourth-order valence-electron chi connectivity index (χ4n) is 1.93. The van der Waals surface area contributed by atoms with Crippen molar-refractivity contribution in [3.63, 3.8) is 0 Å². The molecule has 1 amide bonds. The zero-order valence-electron chi connectivity index (χ0n) is 13.3. The molecule has 1 saturated heterocycles. The van der Waals surface area contributed by atoms with Crippen LogP contribution >= 0.6 is 0 Å². The van der Waals surface area contributed by atoms with Gasteiger partial charge in [0.15, 0.2) is 11.8 Å². The largest absolute Gasteiger partial charge is 0.467 e. The van der Waals surface area contributed by atoms with Crippen LogP contribution in [0.5, 0.6) is 0 Å². The van der Waals surface area contributed by atoms with E-state index in [0.717, 1.165) is 4.90 Å². The standard InChI is InChI=1S/C14H22N2O5/c1-14(2,3)21-13(19)16-8-10(17)9(7-15(4)5)11(16)12(18)20-6/h7,11H,8H2,1-6H3/b9-7+/t11-/m1/s1. The highest BCUT2D eigenvalue weighted by atomic mass is 16.6. The average molecular weight is 298 g/mol. The maximum absolute atomic E-state index is 12.2. The Morgan fingerprint density at radius 2 is 1.90 bits per heavy atom. The predicted molar refractivity (Wildman–Crippen MR) is 75.5 cm³/mol. The van der Waals surface area contributed by atoms with Crippen LogP contribution in [0.3, 0.4) is 0 Å². The van der Waals surface area contributed by atoms with Crippen LogP contribution in [-0.4, -0.2) is 67.0 Å². The van der Waals surface area contributed by atoms with Gasteiger partial charge in [0.25, 0.3) is 0 Å². The maximum Gasteiger partial charge on any atom is 0.411 e. The number of hydrogen-bond acceptors (Lipinski definition) is 6. The summed E-state index contributed by atoms with van der Waals surface area (Å²) >= 11 is 0. The molecule has 7 heteroatoms. The lowest BCUT2D eigenvalue weighted by Crippen LogP contribution is -2.44. The van der Waals surface area contributed by atoms with Crippen molar-refractivity contribution < 1.29 is 23.9 Å². The summed E-state index contributed by atoms with van der Waals surface area (Å²) in [5.41, 5.74) is -0.493. The van der Waals surface area contributed by atoms with E-state index in [0.29, 0.717) is 0 Å². The summed E-state index contributed by atoms with van der Waals surface area (Å²) in [4.78, 5) is 38.9. The molecule has 7 nitrogen and oxygen atoms in total. The maximum atomic E-state index is 12.2. The number of methoxy groups -OCH3 is 1. The van der Waals surface area contributed by atoms with Gasteiger partial charge in [-0.25, -0.2) is 9.59 Å². The van der Waals surface area contributed by atoms with Crippen LogP contribution in [0.1, 0.15) is 20.8 Å². The molecule has 0 aromatic heterocycles. The molecule has 0 aliphatic carbocycles. The van der Waals surface area contributed by atoms with Gasteiger partial charge < -0.3 is 14.4 Å². The smallest absolute Gasteiger partial charge is 0.411 e. The second kappa shape index (κ2) is 6.15. The van der Waals surface area contributed by atoms with E-state index in [-0.39, 0.29) is 17.9 Å².